The Bertz CT molecular complexity index is 1160. The van der Waals surface area contributed by atoms with Crippen LogP contribution < -0.4 is 0 Å². The molecule has 0 fully saturated rings. The third-order valence-corrected chi connectivity index (χ3v) is 6.16. The van der Waals surface area contributed by atoms with Gasteiger partial charge in [0.2, 0.25) is 0 Å². The number of benzene rings is 4. The Kier molecular flexibility index (Phi) is 3.77. The largest absolute Gasteiger partial charge is 0.0622 e. The lowest BCUT2D eigenvalue weighted by atomic mass is 9.81. The summed E-state index contributed by atoms with van der Waals surface area (Å²) in [6.45, 7) is 6.87. The van der Waals surface area contributed by atoms with Crippen LogP contribution in [0.15, 0.2) is 91.0 Å². The average molecular weight is 361 g/mol. The van der Waals surface area contributed by atoms with Crippen molar-refractivity contribution in [3.8, 4) is 33.4 Å². The van der Waals surface area contributed by atoms with Crippen LogP contribution in [0.2, 0.25) is 0 Å². The van der Waals surface area contributed by atoms with Crippen LogP contribution in [-0.2, 0) is 5.41 Å². The Morgan fingerprint density at radius 3 is 1.68 bits per heavy atom. The van der Waals surface area contributed by atoms with Gasteiger partial charge in [0.15, 0.2) is 0 Å². The van der Waals surface area contributed by atoms with Gasteiger partial charge >= 0.3 is 0 Å². The van der Waals surface area contributed by atoms with E-state index in [1.807, 2.05) is 0 Å². The highest BCUT2D eigenvalue weighted by Gasteiger charge is 2.35. The first-order valence-electron chi connectivity index (χ1n) is 9.96. The van der Waals surface area contributed by atoms with Gasteiger partial charge in [-0.1, -0.05) is 104 Å². The van der Waals surface area contributed by atoms with Crippen molar-refractivity contribution in [3.63, 3.8) is 0 Å². The molecule has 0 bridgehead atoms. The summed E-state index contributed by atoms with van der Waals surface area (Å²) in [5.74, 6) is 0. The zero-order chi connectivity index (χ0) is 19.3. The van der Waals surface area contributed by atoms with Crippen molar-refractivity contribution >= 4 is 0 Å². The topological polar surface area (TPSA) is 0 Å². The van der Waals surface area contributed by atoms with Crippen LogP contribution in [0.25, 0.3) is 33.4 Å². The molecule has 4 aromatic carbocycles. The zero-order valence-electron chi connectivity index (χ0n) is 16.7. The summed E-state index contributed by atoms with van der Waals surface area (Å²) in [6, 6.07) is 33.3. The molecule has 0 aromatic heterocycles. The first-order chi connectivity index (χ1) is 13.5. The van der Waals surface area contributed by atoms with Crippen LogP contribution in [0.1, 0.15) is 30.5 Å². The fourth-order valence-electron chi connectivity index (χ4n) is 4.52. The highest BCUT2D eigenvalue weighted by Crippen LogP contribution is 2.49. The third-order valence-electron chi connectivity index (χ3n) is 6.16. The lowest BCUT2D eigenvalue weighted by Crippen LogP contribution is -2.15. The number of fused-ring (bicyclic) bond motifs is 3. The SMILES string of the molecule is Cc1ccc2c(c1)C(C)(C)c1cc(-c3ccc(-c4ccccc4)cc3)ccc1-2. The van der Waals surface area contributed by atoms with E-state index in [4.69, 9.17) is 0 Å². The lowest BCUT2D eigenvalue weighted by Gasteiger charge is -2.22. The first kappa shape index (κ1) is 17.0. The molecule has 28 heavy (non-hydrogen) atoms. The molecule has 0 spiro atoms. The summed E-state index contributed by atoms with van der Waals surface area (Å²) in [6.07, 6.45) is 0. The summed E-state index contributed by atoms with van der Waals surface area (Å²) in [4.78, 5) is 0. The maximum Gasteiger partial charge on any atom is 0.0159 e. The molecule has 136 valence electrons. The van der Waals surface area contributed by atoms with Gasteiger partial charge in [-0.05, 0) is 57.5 Å². The number of hydrogen-bond donors (Lipinski definition) is 0. The average Bonchev–Trinajstić information content (AvgIpc) is 2.95. The molecule has 0 nitrogen and oxygen atoms in total. The van der Waals surface area contributed by atoms with Gasteiger partial charge in [-0.25, -0.2) is 0 Å². The molecule has 4 aromatic rings. The minimum absolute atomic E-state index is 0.0384. The molecule has 1 aliphatic rings. The molecule has 1 aliphatic carbocycles. The Morgan fingerprint density at radius 1 is 0.500 bits per heavy atom. The van der Waals surface area contributed by atoms with E-state index in [0.29, 0.717) is 0 Å². The fourth-order valence-corrected chi connectivity index (χ4v) is 4.52. The van der Waals surface area contributed by atoms with Gasteiger partial charge in [0.1, 0.15) is 0 Å². The Morgan fingerprint density at radius 2 is 1.00 bits per heavy atom. The third kappa shape index (κ3) is 2.60. The summed E-state index contributed by atoms with van der Waals surface area (Å²) in [5, 5.41) is 0. The standard InChI is InChI=1S/C28H24/c1-19-9-15-24-25-16-14-23(18-27(25)28(2,3)26(24)17-19)22-12-10-21(11-13-22)20-7-5-4-6-8-20/h4-18H,1-3H3. The lowest BCUT2D eigenvalue weighted by molar-refractivity contribution is 0.660. The van der Waals surface area contributed by atoms with E-state index in [2.05, 4.69) is 112 Å². The normalized spacial score (nSPS) is 13.8. The van der Waals surface area contributed by atoms with Gasteiger partial charge < -0.3 is 0 Å². The second kappa shape index (κ2) is 6.21. The summed E-state index contributed by atoms with van der Waals surface area (Å²) in [5.41, 5.74) is 12.1. The number of rotatable bonds is 2. The van der Waals surface area contributed by atoms with Crippen LogP contribution in [0.3, 0.4) is 0 Å². The Labute approximate surface area is 167 Å². The molecule has 5 rings (SSSR count). The van der Waals surface area contributed by atoms with E-state index in [9.17, 15) is 0 Å². The molecule has 0 saturated carbocycles. The molecule has 0 N–H and O–H groups in total. The van der Waals surface area contributed by atoms with Crippen molar-refractivity contribution < 1.29 is 0 Å². The van der Waals surface area contributed by atoms with E-state index in [-0.39, 0.29) is 5.41 Å². The van der Waals surface area contributed by atoms with Crippen LogP contribution in [0.4, 0.5) is 0 Å². The number of aryl methyl sites for hydroxylation is 1. The highest BCUT2D eigenvalue weighted by molar-refractivity contribution is 5.84. The van der Waals surface area contributed by atoms with Gasteiger partial charge in [0.25, 0.3) is 0 Å². The van der Waals surface area contributed by atoms with E-state index >= 15 is 0 Å². The molecule has 0 heterocycles. The minimum atomic E-state index is 0.0384. The molecule has 0 unspecified atom stereocenters. The predicted octanol–water partition coefficient (Wildman–Crippen LogP) is 7.64. The van der Waals surface area contributed by atoms with Gasteiger partial charge in [-0.2, -0.15) is 0 Å². The van der Waals surface area contributed by atoms with E-state index in [1.165, 1.54) is 50.1 Å². The minimum Gasteiger partial charge on any atom is -0.0622 e. The van der Waals surface area contributed by atoms with E-state index in [0.717, 1.165) is 0 Å². The van der Waals surface area contributed by atoms with Crippen molar-refractivity contribution in [1.82, 2.24) is 0 Å². The van der Waals surface area contributed by atoms with Crippen molar-refractivity contribution in [1.29, 1.82) is 0 Å². The van der Waals surface area contributed by atoms with Crippen LogP contribution >= 0.6 is 0 Å². The smallest absolute Gasteiger partial charge is 0.0159 e. The van der Waals surface area contributed by atoms with Crippen molar-refractivity contribution in [3.05, 3.63) is 108 Å². The predicted molar refractivity (Wildman–Crippen MR) is 120 cm³/mol. The fraction of sp³-hybridized carbons (Fsp3) is 0.143. The maximum atomic E-state index is 2.39. The second-order valence-electron chi connectivity index (χ2n) is 8.38. The van der Waals surface area contributed by atoms with Gasteiger partial charge in [0, 0.05) is 5.41 Å². The summed E-state index contributed by atoms with van der Waals surface area (Å²) >= 11 is 0. The molecule has 0 heteroatoms. The van der Waals surface area contributed by atoms with Gasteiger partial charge in [-0.15, -0.1) is 0 Å². The van der Waals surface area contributed by atoms with E-state index < -0.39 is 0 Å². The summed E-state index contributed by atoms with van der Waals surface area (Å²) in [7, 11) is 0. The van der Waals surface area contributed by atoms with Crippen LogP contribution in [0, 0.1) is 6.92 Å². The molecule has 0 radical (unpaired) electrons. The van der Waals surface area contributed by atoms with Gasteiger partial charge in [-0.3, -0.25) is 0 Å². The van der Waals surface area contributed by atoms with Crippen LogP contribution in [0.5, 0.6) is 0 Å². The molecule has 0 aliphatic heterocycles. The highest BCUT2D eigenvalue weighted by atomic mass is 14.4. The quantitative estimate of drug-likeness (QED) is 0.344. The van der Waals surface area contributed by atoms with Gasteiger partial charge in [0.05, 0.1) is 0 Å². The van der Waals surface area contributed by atoms with Crippen molar-refractivity contribution in [2.75, 3.05) is 0 Å². The monoisotopic (exact) mass is 360 g/mol. The Balaban J connectivity index is 1.56. The van der Waals surface area contributed by atoms with E-state index in [1.54, 1.807) is 0 Å². The first-order valence-corrected chi connectivity index (χ1v) is 9.96. The van der Waals surface area contributed by atoms with Crippen LogP contribution in [-0.4, -0.2) is 0 Å². The molecule has 0 amide bonds. The number of hydrogen-bond acceptors (Lipinski definition) is 0. The summed E-state index contributed by atoms with van der Waals surface area (Å²) < 4.78 is 0. The van der Waals surface area contributed by atoms with Crippen molar-refractivity contribution in [2.24, 2.45) is 0 Å². The maximum absolute atomic E-state index is 2.39. The second-order valence-corrected chi connectivity index (χ2v) is 8.38. The molecule has 0 atom stereocenters. The zero-order valence-corrected chi connectivity index (χ0v) is 16.7. The van der Waals surface area contributed by atoms with Crippen molar-refractivity contribution in [2.45, 2.75) is 26.2 Å². The molecule has 0 saturated heterocycles. The molecular formula is C28H24. The Hall–Kier alpha value is -3.12. The molecular weight excluding hydrogens is 336 g/mol.